The predicted octanol–water partition coefficient (Wildman–Crippen LogP) is 3.21. The van der Waals surface area contributed by atoms with Gasteiger partial charge in [-0.1, -0.05) is 35.9 Å². The van der Waals surface area contributed by atoms with Crippen LogP contribution in [0, 0.1) is 6.92 Å². The molecule has 22 heavy (non-hydrogen) atoms. The van der Waals surface area contributed by atoms with Gasteiger partial charge < -0.3 is 10.6 Å². The second kappa shape index (κ2) is 5.93. The van der Waals surface area contributed by atoms with Crippen molar-refractivity contribution in [2.45, 2.75) is 32.9 Å². The van der Waals surface area contributed by atoms with Crippen molar-refractivity contribution in [3.05, 3.63) is 70.3 Å². The SMILES string of the molecule is Cc1cccc(C(=O)N2CCc3ccc(C(C)N)cc3C2)c1. The molecule has 2 aromatic rings. The highest BCUT2D eigenvalue weighted by Gasteiger charge is 2.22. The van der Waals surface area contributed by atoms with Gasteiger partial charge in [-0.2, -0.15) is 0 Å². The molecule has 0 bridgehead atoms. The van der Waals surface area contributed by atoms with E-state index in [0.717, 1.165) is 29.7 Å². The first-order valence-electron chi connectivity index (χ1n) is 7.78. The van der Waals surface area contributed by atoms with Crippen LogP contribution in [-0.4, -0.2) is 17.4 Å². The molecule has 0 spiro atoms. The first-order chi connectivity index (χ1) is 10.5. The number of fused-ring (bicyclic) bond motifs is 1. The van der Waals surface area contributed by atoms with Crippen LogP contribution in [0.15, 0.2) is 42.5 Å². The highest BCUT2D eigenvalue weighted by molar-refractivity contribution is 5.94. The number of benzene rings is 2. The van der Waals surface area contributed by atoms with Crippen LogP contribution in [-0.2, 0) is 13.0 Å². The Morgan fingerprint density at radius 1 is 1.18 bits per heavy atom. The van der Waals surface area contributed by atoms with Crippen molar-refractivity contribution in [2.75, 3.05) is 6.54 Å². The summed E-state index contributed by atoms with van der Waals surface area (Å²) in [4.78, 5) is 14.6. The lowest BCUT2D eigenvalue weighted by Gasteiger charge is -2.29. The number of aryl methyl sites for hydroxylation is 1. The number of amides is 1. The van der Waals surface area contributed by atoms with Gasteiger partial charge in [-0.25, -0.2) is 0 Å². The Labute approximate surface area is 131 Å². The zero-order valence-electron chi connectivity index (χ0n) is 13.2. The van der Waals surface area contributed by atoms with Crippen molar-refractivity contribution in [2.24, 2.45) is 5.73 Å². The third kappa shape index (κ3) is 2.90. The summed E-state index contributed by atoms with van der Waals surface area (Å²) in [6.07, 6.45) is 0.909. The Kier molecular flexibility index (Phi) is 3.99. The highest BCUT2D eigenvalue weighted by Crippen LogP contribution is 2.24. The molecule has 3 heteroatoms. The van der Waals surface area contributed by atoms with E-state index in [1.54, 1.807) is 0 Å². The first kappa shape index (κ1) is 14.8. The summed E-state index contributed by atoms with van der Waals surface area (Å²) < 4.78 is 0. The van der Waals surface area contributed by atoms with E-state index in [1.165, 1.54) is 11.1 Å². The fraction of sp³-hybridized carbons (Fsp3) is 0.316. The first-order valence-corrected chi connectivity index (χ1v) is 7.78. The normalized spacial score (nSPS) is 15.3. The molecule has 1 unspecified atom stereocenters. The van der Waals surface area contributed by atoms with Gasteiger partial charge in [0.25, 0.3) is 5.91 Å². The summed E-state index contributed by atoms with van der Waals surface area (Å²) in [7, 11) is 0. The zero-order chi connectivity index (χ0) is 15.7. The summed E-state index contributed by atoms with van der Waals surface area (Å²) >= 11 is 0. The molecule has 3 rings (SSSR count). The van der Waals surface area contributed by atoms with E-state index < -0.39 is 0 Å². The van der Waals surface area contributed by atoms with Crippen LogP contribution in [0.3, 0.4) is 0 Å². The van der Waals surface area contributed by atoms with Crippen LogP contribution in [0.1, 0.15) is 45.6 Å². The van der Waals surface area contributed by atoms with Gasteiger partial charge in [0, 0.05) is 24.7 Å². The van der Waals surface area contributed by atoms with Gasteiger partial charge in [-0.3, -0.25) is 4.79 Å². The lowest BCUT2D eigenvalue weighted by molar-refractivity contribution is 0.0734. The average molecular weight is 294 g/mol. The van der Waals surface area contributed by atoms with Crippen molar-refractivity contribution < 1.29 is 4.79 Å². The number of hydrogen-bond donors (Lipinski definition) is 1. The molecule has 0 radical (unpaired) electrons. The lowest BCUT2D eigenvalue weighted by Crippen LogP contribution is -2.36. The Hall–Kier alpha value is -2.13. The zero-order valence-corrected chi connectivity index (χ0v) is 13.2. The maximum atomic E-state index is 12.7. The van der Waals surface area contributed by atoms with Gasteiger partial charge in [0.2, 0.25) is 0 Å². The third-order valence-corrected chi connectivity index (χ3v) is 4.32. The van der Waals surface area contributed by atoms with Gasteiger partial charge in [-0.05, 0) is 49.1 Å². The lowest BCUT2D eigenvalue weighted by atomic mass is 9.95. The van der Waals surface area contributed by atoms with E-state index in [0.29, 0.717) is 6.54 Å². The Morgan fingerprint density at radius 3 is 2.73 bits per heavy atom. The quantitative estimate of drug-likeness (QED) is 0.924. The molecule has 1 amide bonds. The number of carbonyl (C=O) groups excluding carboxylic acids is 1. The van der Waals surface area contributed by atoms with Crippen LogP contribution >= 0.6 is 0 Å². The Balaban J connectivity index is 1.84. The number of hydrogen-bond acceptors (Lipinski definition) is 2. The Morgan fingerprint density at radius 2 is 2.00 bits per heavy atom. The second-order valence-corrected chi connectivity index (χ2v) is 6.16. The number of rotatable bonds is 2. The number of carbonyl (C=O) groups is 1. The van der Waals surface area contributed by atoms with Crippen molar-refractivity contribution in [1.82, 2.24) is 4.90 Å². The summed E-state index contributed by atoms with van der Waals surface area (Å²) in [5, 5.41) is 0. The van der Waals surface area contributed by atoms with E-state index in [1.807, 2.05) is 43.0 Å². The maximum Gasteiger partial charge on any atom is 0.254 e. The van der Waals surface area contributed by atoms with E-state index in [4.69, 9.17) is 5.73 Å². The maximum absolute atomic E-state index is 12.7. The average Bonchev–Trinajstić information content (AvgIpc) is 2.53. The molecule has 0 aliphatic carbocycles. The van der Waals surface area contributed by atoms with Crippen LogP contribution in [0.2, 0.25) is 0 Å². The standard InChI is InChI=1S/C19H22N2O/c1-13-4-3-5-17(10-13)19(22)21-9-8-15-6-7-16(14(2)20)11-18(15)12-21/h3-7,10-11,14H,8-9,12,20H2,1-2H3. The van der Waals surface area contributed by atoms with Gasteiger partial charge in [0.05, 0.1) is 0 Å². The van der Waals surface area contributed by atoms with E-state index in [-0.39, 0.29) is 11.9 Å². The summed E-state index contributed by atoms with van der Waals surface area (Å²) in [6.45, 7) is 5.44. The molecule has 0 fully saturated rings. The topological polar surface area (TPSA) is 46.3 Å². The minimum absolute atomic E-state index is 0.0214. The van der Waals surface area contributed by atoms with Crippen molar-refractivity contribution >= 4 is 5.91 Å². The molecule has 0 saturated heterocycles. The molecular formula is C19H22N2O. The largest absolute Gasteiger partial charge is 0.334 e. The molecule has 114 valence electrons. The number of nitrogens with two attached hydrogens (primary N) is 1. The number of nitrogens with zero attached hydrogens (tertiary/aromatic N) is 1. The fourth-order valence-electron chi connectivity index (χ4n) is 2.99. The van der Waals surface area contributed by atoms with Crippen LogP contribution in [0.4, 0.5) is 0 Å². The molecule has 3 nitrogen and oxygen atoms in total. The molecule has 0 aromatic heterocycles. The van der Waals surface area contributed by atoms with Gasteiger partial charge in [-0.15, -0.1) is 0 Å². The van der Waals surface area contributed by atoms with E-state index >= 15 is 0 Å². The van der Waals surface area contributed by atoms with E-state index in [2.05, 4.69) is 18.2 Å². The molecule has 2 aromatic carbocycles. The molecule has 1 atom stereocenters. The molecular weight excluding hydrogens is 272 g/mol. The fourth-order valence-corrected chi connectivity index (χ4v) is 2.99. The smallest absolute Gasteiger partial charge is 0.254 e. The van der Waals surface area contributed by atoms with Crippen LogP contribution in [0.5, 0.6) is 0 Å². The second-order valence-electron chi connectivity index (χ2n) is 6.16. The summed E-state index contributed by atoms with van der Waals surface area (Å²) in [5.74, 6) is 0.112. The van der Waals surface area contributed by atoms with Crippen molar-refractivity contribution in [3.63, 3.8) is 0 Å². The highest BCUT2D eigenvalue weighted by atomic mass is 16.2. The third-order valence-electron chi connectivity index (χ3n) is 4.32. The van der Waals surface area contributed by atoms with Crippen LogP contribution in [0.25, 0.3) is 0 Å². The predicted molar refractivity (Wildman–Crippen MR) is 88.7 cm³/mol. The monoisotopic (exact) mass is 294 g/mol. The molecule has 1 heterocycles. The summed E-state index contributed by atoms with van der Waals surface area (Å²) in [6, 6.07) is 14.2. The molecule has 1 aliphatic heterocycles. The van der Waals surface area contributed by atoms with Crippen molar-refractivity contribution in [1.29, 1.82) is 0 Å². The molecule has 0 saturated carbocycles. The van der Waals surface area contributed by atoms with Gasteiger partial charge in [0.1, 0.15) is 0 Å². The molecule has 1 aliphatic rings. The van der Waals surface area contributed by atoms with Crippen molar-refractivity contribution in [3.8, 4) is 0 Å². The summed E-state index contributed by atoms with van der Waals surface area (Å²) in [5.41, 5.74) is 11.5. The minimum Gasteiger partial charge on any atom is -0.334 e. The van der Waals surface area contributed by atoms with Gasteiger partial charge >= 0.3 is 0 Å². The van der Waals surface area contributed by atoms with E-state index in [9.17, 15) is 4.79 Å². The molecule has 2 N–H and O–H groups in total. The Bertz CT molecular complexity index is 706. The van der Waals surface area contributed by atoms with Crippen LogP contribution < -0.4 is 5.73 Å². The minimum atomic E-state index is 0.0214. The van der Waals surface area contributed by atoms with Gasteiger partial charge in [0.15, 0.2) is 0 Å².